The number of pyridine rings is 1. The Morgan fingerprint density at radius 3 is 2.56 bits per heavy atom. The Balaban J connectivity index is 1.49. The van der Waals surface area contributed by atoms with Crippen LogP contribution in [0, 0.1) is 11.6 Å². The van der Waals surface area contributed by atoms with E-state index in [1.165, 1.54) is 12.1 Å². The van der Waals surface area contributed by atoms with E-state index in [4.69, 9.17) is 0 Å². The molecule has 0 aliphatic rings. The van der Waals surface area contributed by atoms with Crippen LogP contribution in [0.4, 0.5) is 14.5 Å². The van der Waals surface area contributed by atoms with E-state index in [0.717, 1.165) is 28.7 Å². The summed E-state index contributed by atoms with van der Waals surface area (Å²) in [6, 6.07) is 17.2. The topological polar surface area (TPSA) is 29.3 Å². The average molecular weight is 335 g/mol. The van der Waals surface area contributed by atoms with Gasteiger partial charge in [0.05, 0.1) is 5.69 Å². The molecule has 3 nitrogen and oxygen atoms in total. The Kier molecular flexibility index (Phi) is 3.90. The normalized spacial score (nSPS) is 11.0. The highest BCUT2D eigenvalue weighted by Gasteiger charge is 2.06. The van der Waals surface area contributed by atoms with Gasteiger partial charge in [0.25, 0.3) is 0 Å². The van der Waals surface area contributed by atoms with Gasteiger partial charge in [0.2, 0.25) is 0 Å². The SMILES string of the molecule is Fc1ccc(CNc2ccc(-c3cn4ccccc4n3)cc2)c(F)c1. The van der Waals surface area contributed by atoms with Gasteiger partial charge in [-0.2, -0.15) is 0 Å². The van der Waals surface area contributed by atoms with Crippen LogP contribution in [0.2, 0.25) is 0 Å². The first kappa shape index (κ1) is 15.3. The number of hydrogen-bond donors (Lipinski definition) is 1. The second kappa shape index (κ2) is 6.36. The number of nitrogens with one attached hydrogen (secondary N) is 1. The van der Waals surface area contributed by atoms with Crippen molar-refractivity contribution in [3.8, 4) is 11.3 Å². The molecular weight excluding hydrogens is 320 g/mol. The largest absolute Gasteiger partial charge is 0.381 e. The zero-order chi connectivity index (χ0) is 17.2. The molecule has 124 valence electrons. The van der Waals surface area contributed by atoms with Crippen molar-refractivity contribution in [2.45, 2.75) is 6.54 Å². The number of rotatable bonds is 4. The number of imidazole rings is 1. The minimum Gasteiger partial charge on any atom is -0.381 e. The van der Waals surface area contributed by atoms with E-state index in [0.29, 0.717) is 12.1 Å². The van der Waals surface area contributed by atoms with Crippen LogP contribution in [0.5, 0.6) is 0 Å². The molecule has 4 rings (SSSR count). The maximum atomic E-state index is 13.6. The molecule has 5 heteroatoms. The Morgan fingerprint density at radius 1 is 0.960 bits per heavy atom. The van der Waals surface area contributed by atoms with E-state index in [-0.39, 0.29) is 0 Å². The molecule has 0 bridgehead atoms. The van der Waals surface area contributed by atoms with E-state index >= 15 is 0 Å². The predicted molar refractivity (Wildman–Crippen MR) is 94.3 cm³/mol. The van der Waals surface area contributed by atoms with Crippen molar-refractivity contribution in [1.29, 1.82) is 0 Å². The molecule has 1 N–H and O–H groups in total. The molecule has 0 unspecified atom stereocenters. The fourth-order valence-electron chi connectivity index (χ4n) is 2.69. The number of hydrogen-bond acceptors (Lipinski definition) is 2. The number of aromatic nitrogens is 2. The summed E-state index contributed by atoms with van der Waals surface area (Å²) in [5.74, 6) is -1.12. The van der Waals surface area contributed by atoms with Gasteiger partial charge in [-0.05, 0) is 30.3 Å². The van der Waals surface area contributed by atoms with Crippen LogP contribution in [0.25, 0.3) is 16.9 Å². The van der Waals surface area contributed by atoms with Crippen LogP contribution in [-0.4, -0.2) is 9.38 Å². The van der Waals surface area contributed by atoms with E-state index in [1.807, 2.05) is 59.3 Å². The highest BCUT2D eigenvalue weighted by atomic mass is 19.1. The zero-order valence-electron chi connectivity index (χ0n) is 13.3. The Hall–Kier alpha value is -3.21. The molecule has 2 aromatic heterocycles. The van der Waals surface area contributed by atoms with Crippen molar-refractivity contribution in [3.05, 3.63) is 90.3 Å². The van der Waals surface area contributed by atoms with Crippen molar-refractivity contribution in [3.63, 3.8) is 0 Å². The Labute approximate surface area is 143 Å². The number of benzene rings is 2. The summed E-state index contributed by atoms with van der Waals surface area (Å²) in [5.41, 5.74) is 4.07. The number of nitrogens with zero attached hydrogens (tertiary/aromatic N) is 2. The summed E-state index contributed by atoms with van der Waals surface area (Å²) in [4.78, 5) is 4.58. The standard InChI is InChI=1S/C20H15F2N3/c21-16-7-4-15(18(22)11-16)12-23-17-8-5-14(6-9-17)19-13-25-10-2-1-3-20(25)24-19/h1-11,13,23H,12H2. The predicted octanol–water partition coefficient (Wildman–Crippen LogP) is 4.89. The third kappa shape index (κ3) is 3.21. The minimum absolute atomic E-state index is 0.291. The van der Waals surface area contributed by atoms with Gasteiger partial charge in [-0.25, -0.2) is 13.8 Å². The van der Waals surface area contributed by atoms with Crippen LogP contribution < -0.4 is 5.32 Å². The molecule has 25 heavy (non-hydrogen) atoms. The van der Waals surface area contributed by atoms with Crippen LogP contribution in [-0.2, 0) is 6.54 Å². The van der Waals surface area contributed by atoms with Gasteiger partial charge >= 0.3 is 0 Å². The lowest BCUT2D eigenvalue weighted by atomic mass is 10.1. The van der Waals surface area contributed by atoms with Crippen molar-refractivity contribution in [2.75, 3.05) is 5.32 Å². The average Bonchev–Trinajstić information content (AvgIpc) is 3.05. The number of anilines is 1. The van der Waals surface area contributed by atoms with Crippen molar-refractivity contribution in [2.24, 2.45) is 0 Å². The fraction of sp³-hybridized carbons (Fsp3) is 0.0500. The summed E-state index contributed by atoms with van der Waals surface area (Å²) >= 11 is 0. The molecule has 0 saturated carbocycles. The van der Waals surface area contributed by atoms with Crippen LogP contribution in [0.15, 0.2) is 73.1 Å². The van der Waals surface area contributed by atoms with Crippen molar-refractivity contribution in [1.82, 2.24) is 9.38 Å². The van der Waals surface area contributed by atoms with Crippen LogP contribution in [0.3, 0.4) is 0 Å². The first-order valence-corrected chi connectivity index (χ1v) is 7.91. The van der Waals surface area contributed by atoms with Gasteiger partial charge in [-0.1, -0.05) is 24.3 Å². The first-order valence-electron chi connectivity index (χ1n) is 7.91. The molecule has 0 aliphatic carbocycles. The monoisotopic (exact) mass is 335 g/mol. The molecule has 0 atom stereocenters. The summed E-state index contributed by atoms with van der Waals surface area (Å²) in [7, 11) is 0. The van der Waals surface area contributed by atoms with Gasteiger partial charge in [0, 0.05) is 41.8 Å². The smallest absolute Gasteiger partial charge is 0.137 e. The van der Waals surface area contributed by atoms with Gasteiger partial charge in [-0.15, -0.1) is 0 Å². The lowest BCUT2D eigenvalue weighted by Crippen LogP contribution is -2.02. The summed E-state index contributed by atoms with van der Waals surface area (Å²) in [6.07, 6.45) is 3.94. The quantitative estimate of drug-likeness (QED) is 0.575. The second-order valence-electron chi connectivity index (χ2n) is 5.76. The second-order valence-corrected chi connectivity index (χ2v) is 5.76. The summed E-state index contributed by atoms with van der Waals surface area (Å²) < 4.78 is 28.5. The lowest BCUT2D eigenvalue weighted by molar-refractivity contribution is 0.574. The van der Waals surface area contributed by atoms with Gasteiger partial charge in [-0.3, -0.25) is 0 Å². The summed E-state index contributed by atoms with van der Waals surface area (Å²) in [6.45, 7) is 0.291. The maximum Gasteiger partial charge on any atom is 0.137 e. The lowest BCUT2D eigenvalue weighted by Gasteiger charge is -2.08. The molecule has 4 aromatic rings. The molecular formula is C20H15F2N3. The van der Waals surface area contributed by atoms with Gasteiger partial charge in [0.15, 0.2) is 0 Å². The third-order valence-electron chi connectivity index (χ3n) is 4.04. The van der Waals surface area contributed by atoms with E-state index < -0.39 is 11.6 Å². The van der Waals surface area contributed by atoms with Gasteiger partial charge < -0.3 is 9.72 Å². The molecule has 0 amide bonds. The van der Waals surface area contributed by atoms with E-state index in [1.54, 1.807) is 0 Å². The summed E-state index contributed by atoms with van der Waals surface area (Å²) in [5, 5.41) is 3.14. The fourth-order valence-corrected chi connectivity index (χ4v) is 2.69. The van der Waals surface area contributed by atoms with Crippen molar-refractivity contribution >= 4 is 11.3 Å². The van der Waals surface area contributed by atoms with Crippen LogP contribution >= 0.6 is 0 Å². The molecule has 0 fully saturated rings. The number of fused-ring (bicyclic) bond motifs is 1. The number of halogens is 2. The van der Waals surface area contributed by atoms with Gasteiger partial charge in [0.1, 0.15) is 17.3 Å². The third-order valence-corrected chi connectivity index (χ3v) is 4.04. The van der Waals surface area contributed by atoms with E-state index in [2.05, 4.69) is 10.3 Å². The first-order chi connectivity index (χ1) is 12.2. The molecule has 2 heterocycles. The minimum atomic E-state index is -0.571. The molecule has 2 aromatic carbocycles. The van der Waals surface area contributed by atoms with Crippen LogP contribution in [0.1, 0.15) is 5.56 Å². The van der Waals surface area contributed by atoms with E-state index in [9.17, 15) is 8.78 Å². The molecule has 0 aliphatic heterocycles. The molecule has 0 spiro atoms. The van der Waals surface area contributed by atoms with Crippen molar-refractivity contribution < 1.29 is 8.78 Å². The Morgan fingerprint density at radius 2 is 1.80 bits per heavy atom. The zero-order valence-corrected chi connectivity index (χ0v) is 13.3. The molecule has 0 radical (unpaired) electrons. The Bertz CT molecular complexity index is 990. The highest BCUT2D eigenvalue weighted by molar-refractivity contribution is 5.65. The maximum absolute atomic E-state index is 13.6. The highest BCUT2D eigenvalue weighted by Crippen LogP contribution is 2.22. The molecule has 0 saturated heterocycles.